The maximum absolute atomic E-state index is 12.0. The van der Waals surface area contributed by atoms with Crippen LogP contribution in [0.1, 0.15) is 19.8 Å². The van der Waals surface area contributed by atoms with Crippen LogP contribution in [0.3, 0.4) is 0 Å². The first-order valence-corrected chi connectivity index (χ1v) is 9.98. The van der Waals surface area contributed by atoms with Gasteiger partial charge in [0.1, 0.15) is 5.82 Å². The summed E-state index contributed by atoms with van der Waals surface area (Å²) in [6.07, 6.45) is 1.54. The smallest absolute Gasteiger partial charge is 0.309 e. The first-order valence-electron chi connectivity index (χ1n) is 9.60. The van der Waals surface area contributed by atoms with Crippen LogP contribution in [-0.4, -0.2) is 35.6 Å². The molecule has 0 spiro atoms. The fourth-order valence-electron chi connectivity index (χ4n) is 3.62. The van der Waals surface area contributed by atoms with E-state index in [0.717, 1.165) is 48.2 Å². The van der Waals surface area contributed by atoms with E-state index in [1.54, 1.807) is 0 Å². The number of piperidine rings is 1. The highest BCUT2D eigenvalue weighted by Gasteiger charge is 2.27. The van der Waals surface area contributed by atoms with Crippen LogP contribution < -0.4 is 4.90 Å². The Balaban J connectivity index is 1.66. The van der Waals surface area contributed by atoms with Gasteiger partial charge in [0, 0.05) is 29.1 Å². The molecular formula is C22H22ClN3O2. The Morgan fingerprint density at radius 3 is 2.54 bits per heavy atom. The molecule has 0 bridgehead atoms. The van der Waals surface area contributed by atoms with Gasteiger partial charge in [0.15, 0.2) is 5.82 Å². The third kappa shape index (κ3) is 3.80. The van der Waals surface area contributed by atoms with Gasteiger partial charge in [-0.25, -0.2) is 9.97 Å². The molecule has 2 heterocycles. The summed E-state index contributed by atoms with van der Waals surface area (Å²) in [6, 6.07) is 15.6. The van der Waals surface area contributed by atoms with Gasteiger partial charge in [-0.2, -0.15) is 0 Å². The molecule has 28 heavy (non-hydrogen) atoms. The molecule has 0 radical (unpaired) electrons. The molecule has 4 rings (SSSR count). The third-order valence-corrected chi connectivity index (χ3v) is 5.35. The molecule has 0 aliphatic carbocycles. The molecule has 0 amide bonds. The van der Waals surface area contributed by atoms with Gasteiger partial charge < -0.3 is 9.64 Å². The molecule has 6 heteroatoms. The van der Waals surface area contributed by atoms with Crippen molar-refractivity contribution in [2.24, 2.45) is 5.92 Å². The van der Waals surface area contributed by atoms with Crippen LogP contribution in [0.15, 0.2) is 48.5 Å². The van der Waals surface area contributed by atoms with Crippen LogP contribution in [0.5, 0.6) is 0 Å². The Bertz CT molecular complexity index is 983. The molecule has 0 atom stereocenters. The summed E-state index contributed by atoms with van der Waals surface area (Å²) in [4.78, 5) is 23.9. The van der Waals surface area contributed by atoms with Crippen LogP contribution in [-0.2, 0) is 9.53 Å². The van der Waals surface area contributed by atoms with E-state index < -0.39 is 0 Å². The Labute approximate surface area is 169 Å². The Kier molecular flexibility index (Phi) is 5.44. The number of carbonyl (C=O) groups excluding carboxylic acids is 1. The zero-order chi connectivity index (χ0) is 19.5. The number of para-hydroxylation sites is 1. The third-order valence-electron chi connectivity index (χ3n) is 5.10. The number of benzene rings is 2. The van der Waals surface area contributed by atoms with Gasteiger partial charge in [0.25, 0.3) is 0 Å². The molecule has 1 aliphatic rings. The molecule has 1 aromatic heterocycles. The van der Waals surface area contributed by atoms with Crippen LogP contribution in [0.2, 0.25) is 5.02 Å². The summed E-state index contributed by atoms with van der Waals surface area (Å²) in [7, 11) is 0. The normalized spacial score (nSPS) is 15.0. The number of ether oxygens (including phenoxy) is 1. The van der Waals surface area contributed by atoms with Gasteiger partial charge in [-0.05, 0) is 56.2 Å². The molecule has 0 unspecified atom stereocenters. The standard InChI is InChI=1S/C22H22ClN3O2/c1-2-28-22(27)16-11-13-26(14-12-16)21-18-5-3-4-6-19(18)24-20(25-21)15-7-9-17(23)10-8-15/h3-10,16H,2,11-14H2,1H3. The lowest BCUT2D eigenvalue weighted by atomic mass is 9.97. The second kappa shape index (κ2) is 8.15. The summed E-state index contributed by atoms with van der Waals surface area (Å²) in [5, 5.41) is 1.71. The van der Waals surface area contributed by atoms with Crippen LogP contribution in [0.25, 0.3) is 22.3 Å². The number of anilines is 1. The summed E-state index contributed by atoms with van der Waals surface area (Å²) in [5.41, 5.74) is 1.84. The SMILES string of the molecule is CCOC(=O)C1CCN(c2nc(-c3ccc(Cl)cc3)nc3ccccc23)CC1. The van der Waals surface area contributed by atoms with Crippen LogP contribution in [0, 0.1) is 5.92 Å². The average molecular weight is 396 g/mol. The highest BCUT2D eigenvalue weighted by molar-refractivity contribution is 6.30. The van der Waals surface area contributed by atoms with Crippen LogP contribution >= 0.6 is 11.6 Å². The fraction of sp³-hybridized carbons (Fsp3) is 0.318. The van der Waals surface area contributed by atoms with E-state index in [4.69, 9.17) is 26.3 Å². The minimum atomic E-state index is -0.0865. The molecular weight excluding hydrogens is 374 g/mol. The van der Waals surface area contributed by atoms with E-state index in [1.807, 2.05) is 55.5 Å². The van der Waals surface area contributed by atoms with Crippen molar-refractivity contribution in [3.05, 3.63) is 53.6 Å². The molecule has 1 fully saturated rings. The Morgan fingerprint density at radius 2 is 1.82 bits per heavy atom. The molecule has 1 saturated heterocycles. The molecule has 3 aromatic rings. The van der Waals surface area contributed by atoms with Crippen molar-refractivity contribution in [1.82, 2.24) is 9.97 Å². The van der Waals surface area contributed by atoms with Gasteiger partial charge in [-0.15, -0.1) is 0 Å². The second-order valence-electron chi connectivity index (χ2n) is 6.91. The van der Waals surface area contributed by atoms with Gasteiger partial charge in [0.2, 0.25) is 0 Å². The second-order valence-corrected chi connectivity index (χ2v) is 7.34. The number of hydrogen-bond donors (Lipinski definition) is 0. The van der Waals surface area contributed by atoms with E-state index in [0.29, 0.717) is 17.5 Å². The number of fused-ring (bicyclic) bond motifs is 1. The Hall–Kier alpha value is -2.66. The lowest BCUT2D eigenvalue weighted by molar-refractivity contribution is -0.148. The zero-order valence-corrected chi connectivity index (χ0v) is 16.5. The quantitative estimate of drug-likeness (QED) is 0.598. The molecule has 1 aliphatic heterocycles. The summed E-state index contributed by atoms with van der Waals surface area (Å²) < 4.78 is 5.19. The van der Waals surface area contributed by atoms with Gasteiger partial charge >= 0.3 is 5.97 Å². The number of halogens is 1. The molecule has 144 valence electrons. The van der Waals surface area contributed by atoms with Crippen molar-refractivity contribution in [1.29, 1.82) is 0 Å². The topological polar surface area (TPSA) is 55.3 Å². The largest absolute Gasteiger partial charge is 0.466 e. The van der Waals surface area contributed by atoms with Crippen molar-refractivity contribution < 1.29 is 9.53 Å². The average Bonchev–Trinajstić information content (AvgIpc) is 2.74. The fourth-order valence-corrected chi connectivity index (χ4v) is 3.74. The maximum atomic E-state index is 12.0. The number of rotatable bonds is 4. The number of aromatic nitrogens is 2. The summed E-state index contributed by atoms with van der Waals surface area (Å²) in [6.45, 7) is 3.81. The van der Waals surface area contributed by atoms with Crippen LogP contribution in [0.4, 0.5) is 5.82 Å². The molecule has 2 aromatic carbocycles. The molecule has 5 nitrogen and oxygen atoms in total. The highest BCUT2D eigenvalue weighted by atomic mass is 35.5. The monoisotopic (exact) mass is 395 g/mol. The van der Waals surface area contributed by atoms with Crippen molar-refractivity contribution >= 4 is 34.3 Å². The predicted molar refractivity (Wildman–Crippen MR) is 112 cm³/mol. The summed E-state index contributed by atoms with van der Waals surface area (Å²) in [5.74, 6) is 1.48. The first-order chi connectivity index (χ1) is 13.7. The lowest BCUT2D eigenvalue weighted by Gasteiger charge is -2.32. The summed E-state index contributed by atoms with van der Waals surface area (Å²) >= 11 is 6.02. The van der Waals surface area contributed by atoms with E-state index in [1.165, 1.54) is 0 Å². The Morgan fingerprint density at radius 1 is 1.11 bits per heavy atom. The minimum absolute atomic E-state index is 0.0277. The van der Waals surface area contributed by atoms with Gasteiger partial charge in [-0.1, -0.05) is 23.7 Å². The molecule has 0 saturated carbocycles. The molecule has 0 N–H and O–H groups in total. The maximum Gasteiger partial charge on any atom is 0.309 e. The van der Waals surface area contributed by atoms with E-state index >= 15 is 0 Å². The van der Waals surface area contributed by atoms with E-state index in [9.17, 15) is 4.79 Å². The zero-order valence-electron chi connectivity index (χ0n) is 15.8. The lowest BCUT2D eigenvalue weighted by Crippen LogP contribution is -2.37. The van der Waals surface area contributed by atoms with E-state index in [2.05, 4.69) is 4.90 Å². The number of carbonyl (C=O) groups is 1. The first kappa shape index (κ1) is 18.7. The number of nitrogens with zero attached hydrogens (tertiary/aromatic N) is 3. The van der Waals surface area contributed by atoms with Crippen molar-refractivity contribution in [3.8, 4) is 11.4 Å². The van der Waals surface area contributed by atoms with E-state index in [-0.39, 0.29) is 11.9 Å². The number of esters is 1. The van der Waals surface area contributed by atoms with Crippen molar-refractivity contribution in [2.75, 3.05) is 24.6 Å². The van der Waals surface area contributed by atoms with Crippen molar-refractivity contribution in [3.63, 3.8) is 0 Å². The highest BCUT2D eigenvalue weighted by Crippen LogP contribution is 2.31. The van der Waals surface area contributed by atoms with Crippen molar-refractivity contribution in [2.45, 2.75) is 19.8 Å². The minimum Gasteiger partial charge on any atom is -0.466 e. The number of hydrogen-bond acceptors (Lipinski definition) is 5. The van der Waals surface area contributed by atoms with Gasteiger partial charge in [-0.3, -0.25) is 4.79 Å². The predicted octanol–water partition coefficient (Wildman–Crippen LogP) is 4.73. The van der Waals surface area contributed by atoms with Gasteiger partial charge in [0.05, 0.1) is 18.0 Å².